The summed E-state index contributed by atoms with van der Waals surface area (Å²) in [4.78, 5) is 27.1. The first-order valence-electron chi connectivity index (χ1n) is 8.75. The molecule has 1 saturated heterocycles. The number of hydrogen-bond acceptors (Lipinski definition) is 4. The normalized spacial score (nSPS) is 27.0. The molecule has 4 rings (SSSR count). The topological polar surface area (TPSA) is 87.1 Å². The molecule has 0 saturated carbocycles. The van der Waals surface area contributed by atoms with Crippen LogP contribution < -0.4 is 0 Å². The molecular formula is C20H17Cl2NO5. The number of aliphatic hydroxyl groups excluding tert-OH is 1. The zero-order chi connectivity index (χ0) is 20.0. The van der Waals surface area contributed by atoms with Crippen molar-refractivity contribution in [1.29, 1.82) is 0 Å². The van der Waals surface area contributed by atoms with Gasteiger partial charge in [0.1, 0.15) is 5.92 Å². The number of carboxylic acids is 1. The summed E-state index contributed by atoms with van der Waals surface area (Å²) in [6.45, 7) is 0.192. The van der Waals surface area contributed by atoms with Gasteiger partial charge in [-0.1, -0.05) is 47.5 Å². The number of benzene rings is 2. The van der Waals surface area contributed by atoms with E-state index in [1.165, 1.54) is 11.0 Å². The van der Waals surface area contributed by atoms with Crippen molar-refractivity contribution < 1.29 is 24.5 Å². The van der Waals surface area contributed by atoms with E-state index in [9.17, 15) is 19.8 Å². The fourth-order valence-electron chi connectivity index (χ4n) is 4.05. The largest absolute Gasteiger partial charge is 0.481 e. The third-order valence-electron chi connectivity index (χ3n) is 5.30. The molecule has 0 aliphatic carbocycles. The van der Waals surface area contributed by atoms with Crippen LogP contribution in [0.4, 0.5) is 0 Å². The van der Waals surface area contributed by atoms with Gasteiger partial charge >= 0.3 is 5.97 Å². The van der Waals surface area contributed by atoms with Crippen LogP contribution in [0.2, 0.25) is 10.0 Å². The number of carboxylic acid groups (broad SMARTS) is 1. The summed E-state index contributed by atoms with van der Waals surface area (Å²) in [5, 5.41) is 21.1. The maximum atomic E-state index is 13.4. The summed E-state index contributed by atoms with van der Waals surface area (Å²) in [6.07, 6.45) is -0.919. The first-order valence-corrected chi connectivity index (χ1v) is 9.51. The van der Waals surface area contributed by atoms with Gasteiger partial charge in [-0.05, 0) is 29.3 Å². The minimum Gasteiger partial charge on any atom is -0.481 e. The molecule has 6 nitrogen and oxygen atoms in total. The number of rotatable bonds is 3. The highest BCUT2D eigenvalue weighted by molar-refractivity contribution is 6.35. The van der Waals surface area contributed by atoms with Crippen molar-refractivity contribution in [1.82, 2.24) is 4.90 Å². The SMILES string of the molecule is O=C(O)C1c2ccccc2C(=O)N(C2COCC2O)C1c1ccc(Cl)cc1Cl. The van der Waals surface area contributed by atoms with E-state index in [1.54, 1.807) is 36.4 Å². The van der Waals surface area contributed by atoms with E-state index in [0.717, 1.165) is 0 Å². The quantitative estimate of drug-likeness (QED) is 0.794. The second-order valence-corrected chi connectivity index (χ2v) is 7.74. The molecule has 1 amide bonds. The Morgan fingerprint density at radius 1 is 1.11 bits per heavy atom. The summed E-state index contributed by atoms with van der Waals surface area (Å²) >= 11 is 12.4. The number of carbonyl (C=O) groups excluding carboxylic acids is 1. The van der Waals surface area contributed by atoms with Gasteiger partial charge in [0, 0.05) is 15.6 Å². The molecule has 2 N–H and O–H groups in total. The van der Waals surface area contributed by atoms with E-state index in [1.807, 2.05) is 0 Å². The third kappa shape index (κ3) is 3.06. The minimum absolute atomic E-state index is 0.0783. The van der Waals surface area contributed by atoms with Crippen molar-refractivity contribution in [2.24, 2.45) is 0 Å². The Kier molecular flexibility index (Phi) is 5.05. The lowest BCUT2D eigenvalue weighted by Gasteiger charge is -2.44. The Morgan fingerprint density at radius 3 is 2.50 bits per heavy atom. The highest BCUT2D eigenvalue weighted by Gasteiger charge is 2.49. The summed E-state index contributed by atoms with van der Waals surface area (Å²) in [7, 11) is 0. The van der Waals surface area contributed by atoms with Crippen molar-refractivity contribution in [3.8, 4) is 0 Å². The number of fused-ring (bicyclic) bond motifs is 1. The van der Waals surface area contributed by atoms with Crippen LogP contribution in [-0.2, 0) is 9.53 Å². The monoisotopic (exact) mass is 421 g/mol. The number of carbonyl (C=O) groups is 2. The molecule has 28 heavy (non-hydrogen) atoms. The molecule has 0 spiro atoms. The van der Waals surface area contributed by atoms with E-state index < -0.39 is 30.1 Å². The summed E-state index contributed by atoms with van der Waals surface area (Å²) in [5.41, 5.74) is 1.18. The maximum absolute atomic E-state index is 13.4. The molecule has 4 atom stereocenters. The average molecular weight is 422 g/mol. The van der Waals surface area contributed by atoms with Crippen LogP contribution in [0.5, 0.6) is 0 Å². The van der Waals surface area contributed by atoms with Crippen LogP contribution in [0.3, 0.4) is 0 Å². The number of hydrogen-bond donors (Lipinski definition) is 2. The molecule has 2 heterocycles. The Balaban J connectivity index is 1.96. The molecule has 2 aliphatic rings. The summed E-state index contributed by atoms with van der Waals surface area (Å²) in [5.74, 6) is -2.51. The van der Waals surface area contributed by atoms with Crippen LogP contribution in [-0.4, -0.2) is 52.3 Å². The second-order valence-electron chi connectivity index (χ2n) is 6.90. The minimum atomic E-state index is -1.09. The molecule has 0 aromatic heterocycles. The van der Waals surface area contributed by atoms with Gasteiger partial charge in [0.05, 0.1) is 31.4 Å². The lowest BCUT2D eigenvalue weighted by atomic mass is 9.78. The smallest absolute Gasteiger partial charge is 0.313 e. The summed E-state index contributed by atoms with van der Waals surface area (Å²) < 4.78 is 5.34. The fourth-order valence-corrected chi connectivity index (χ4v) is 4.57. The Bertz CT molecular complexity index is 950. The van der Waals surface area contributed by atoms with Crippen molar-refractivity contribution in [2.75, 3.05) is 13.2 Å². The average Bonchev–Trinajstić information content (AvgIpc) is 3.07. The van der Waals surface area contributed by atoms with E-state index in [2.05, 4.69) is 0 Å². The van der Waals surface area contributed by atoms with Gasteiger partial charge in [0.2, 0.25) is 0 Å². The van der Waals surface area contributed by atoms with Gasteiger partial charge in [0.25, 0.3) is 5.91 Å². The molecular weight excluding hydrogens is 405 g/mol. The number of aliphatic carboxylic acids is 1. The van der Waals surface area contributed by atoms with Crippen LogP contribution in [0.1, 0.15) is 33.4 Å². The molecule has 8 heteroatoms. The number of halogens is 2. The zero-order valence-corrected chi connectivity index (χ0v) is 16.1. The highest BCUT2D eigenvalue weighted by atomic mass is 35.5. The van der Waals surface area contributed by atoms with Gasteiger partial charge in [-0.3, -0.25) is 9.59 Å². The predicted molar refractivity (Wildman–Crippen MR) is 103 cm³/mol. The van der Waals surface area contributed by atoms with Crippen molar-refractivity contribution in [3.05, 3.63) is 69.2 Å². The van der Waals surface area contributed by atoms with E-state index >= 15 is 0 Å². The molecule has 2 aromatic carbocycles. The van der Waals surface area contributed by atoms with Crippen molar-refractivity contribution in [2.45, 2.75) is 24.1 Å². The van der Waals surface area contributed by atoms with Crippen LogP contribution in [0, 0.1) is 0 Å². The molecule has 1 fully saturated rings. The fraction of sp³-hybridized carbons (Fsp3) is 0.300. The van der Waals surface area contributed by atoms with Gasteiger partial charge in [-0.25, -0.2) is 0 Å². The van der Waals surface area contributed by atoms with Gasteiger partial charge in [-0.2, -0.15) is 0 Å². The molecule has 4 unspecified atom stereocenters. The number of aliphatic hydroxyl groups is 1. The number of ether oxygens (including phenoxy) is 1. The molecule has 0 bridgehead atoms. The first kappa shape index (κ1) is 19.2. The number of nitrogens with zero attached hydrogens (tertiary/aromatic N) is 1. The predicted octanol–water partition coefficient (Wildman–Crippen LogP) is 3.12. The van der Waals surface area contributed by atoms with E-state index in [4.69, 9.17) is 27.9 Å². The van der Waals surface area contributed by atoms with E-state index in [-0.39, 0.29) is 24.1 Å². The van der Waals surface area contributed by atoms with Crippen molar-refractivity contribution >= 4 is 35.1 Å². The Morgan fingerprint density at radius 2 is 1.86 bits per heavy atom. The lowest BCUT2D eigenvalue weighted by Crippen LogP contribution is -2.53. The third-order valence-corrected chi connectivity index (χ3v) is 5.86. The van der Waals surface area contributed by atoms with E-state index in [0.29, 0.717) is 21.7 Å². The number of amides is 1. The zero-order valence-electron chi connectivity index (χ0n) is 14.6. The standard InChI is InChI=1S/C20H17Cl2NO5/c21-10-5-6-13(14(22)7-10)18-17(20(26)27)11-3-1-2-4-12(11)19(25)23(18)15-8-28-9-16(15)24/h1-7,15-18,24H,8-9H2,(H,26,27). The van der Waals surface area contributed by atoms with Crippen LogP contribution in [0.15, 0.2) is 42.5 Å². The van der Waals surface area contributed by atoms with Gasteiger partial charge < -0.3 is 19.8 Å². The first-order chi connectivity index (χ1) is 13.4. The van der Waals surface area contributed by atoms with Crippen molar-refractivity contribution in [3.63, 3.8) is 0 Å². The van der Waals surface area contributed by atoms with Gasteiger partial charge in [-0.15, -0.1) is 0 Å². The second kappa shape index (κ2) is 7.37. The molecule has 146 valence electrons. The highest BCUT2D eigenvalue weighted by Crippen LogP contribution is 2.46. The molecule has 2 aromatic rings. The summed E-state index contributed by atoms with van der Waals surface area (Å²) in [6, 6.07) is 9.78. The van der Waals surface area contributed by atoms with Crippen LogP contribution >= 0.6 is 23.2 Å². The Hall–Kier alpha value is -2.12. The van der Waals surface area contributed by atoms with Crippen LogP contribution in [0.25, 0.3) is 0 Å². The van der Waals surface area contributed by atoms with Gasteiger partial charge in [0.15, 0.2) is 0 Å². The molecule has 0 radical (unpaired) electrons. The lowest BCUT2D eigenvalue weighted by molar-refractivity contribution is -0.141. The molecule has 2 aliphatic heterocycles. The maximum Gasteiger partial charge on any atom is 0.313 e. The Labute approximate surface area is 171 Å².